The van der Waals surface area contributed by atoms with Gasteiger partial charge < -0.3 is 0 Å². The highest BCUT2D eigenvalue weighted by Crippen LogP contribution is 2.67. The van der Waals surface area contributed by atoms with Gasteiger partial charge in [-0.1, -0.05) is 54.6 Å². The van der Waals surface area contributed by atoms with E-state index >= 15 is 0 Å². The molecule has 7 unspecified atom stereocenters. The van der Waals surface area contributed by atoms with Gasteiger partial charge in [-0.3, -0.25) is 0 Å². The van der Waals surface area contributed by atoms with Crippen molar-refractivity contribution in [2.45, 2.75) is 25.7 Å². The summed E-state index contributed by atoms with van der Waals surface area (Å²) in [5, 5.41) is 2.79. The Kier molecular flexibility index (Phi) is 2.51. The van der Waals surface area contributed by atoms with E-state index in [2.05, 4.69) is 54.6 Å². The van der Waals surface area contributed by atoms with Crippen molar-refractivity contribution in [3.05, 3.63) is 60.2 Å². The van der Waals surface area contributed by atoms with Gasteiger partial charge in [0.2, 0.25) is 0 Å². The smallest absolute Gasteiger partial charge is 0.0181 e. The second-order valence-electron chi connectivity index (χ2n) is 8.64. The molecule has 4 bridgehead atoms. The van der Waals surface area contributed by atoms with Crippen molar-refractivity contribution >= 4 is 10.8 Å². The number of hydrogen-bond acceptors (Lipinski definition) is 0. The van der Waals surface area contributed by atoms with Crippen molar-refractivity contribution in [1.82, 2.24) is 0 Å². The molecule has 4 aliphatic carbocycles. The lowest BCUT2D eigenvalue weighted by Crippen LogP contribution is -2.31. The lowest BCUT2D eigenvalue weighted by atomic mass is 9.68. The summed E-state index contributed by atoms with van der Waals surface area (Å²) in [4.78, 5) is 0. The van der Waals surface area contributed by atoms with Crippen molar-refractivity contribution < 1.29 is 0 Å². The van der Waals surface area contributed by atoms with Crippen LogP contribution in [0.3, 0.4) is 0 Å². The molecule has 0 aromatic heterocycles. The molecule has 0 saturated heterocycles. The monoisotopic (exact) mass is 300 g/mol. The van der Waals surface area contributed by atoms with Crippen molar-refractivity contribution in [3.8, 4) is 0 Å². The number of fused-ring (bicyclic) bond motifs is 10. The van der Waals surface area contributed by atoms with E-state index in [4.69, 9.17) is 0 Å². The van der Waals surface area contributed by atoms with Crippen LogP contribution in [0.4, 0.5) is 0 Å². The Morgan fingerprint density at radius 3 is 2.52 bits per heavy atom. The SMILES string of the molecule is C1=CC2CC1C1C3CC(Cc4ccc5ccccc5c4)C(C3)C21. The Hall–Kier alpha value is -1.56. The van der Waals surface area contributed by atoms with Crippen LogP contribution in [-0.2, 0) is 6.42 Å². The Morgan fingerprint density at radius 2 is 1.61 bits per heavy atom. The van der Waals surface area contributed by atoms with Crippen LogP contribution >= 0.6 is 0 Å². The van der Waals surface area contributed by atoms with E-state index in [0.717, 1.165) is 41.4 Å². The van der Waals surface area contributed by atoms with E-state index in [1.165, 1.54) is 30.0 Å². The topological polar surface area (TPSA) is 0 Å². The molecule has 0 heterocycles. The highest BCUT2D eigenvalue weighted by molar-refractivity contribution is 5.82. The second-order valence-corrected chi connectivity index (χ2v) is 8.64. The van der Waals surface area contributed by atoms with Crippen LogP contribution in [0.15, 0.2) is 54.6 Å². The maximum absolute atomic E-state index is 2.57. The summed E-state index contributed by atoms with van der Waals surface area (Å²) in [5.41, 5.74) is 1.57. The molecule has 0 radical (unpaired) electrons. The van der Waals surface area contributed by atoms with Crippen molar-refractivity contribution in [2.24, 2.45) is 41.4 Å². The second kappa shape index (κ2) is 4.50. The summed E-state index contributed by atoms with van der Waals surface area (Å²) < 4.78 is 0. The Morgan fingerprint density at radius 1 is 0.783 bits per heavy atom. The molecule has 0 aliphatic heterocycles. The Labute approximate surface area is 138 Å². The van der Waals surface area contributed by atoms with Gasteiger partial charge in [0.05, 0.1) is 0 Å². The van der Waals surface area contributed by atoms with Gasteiger partial charge in [-0.25, -0.2) is 0 Å². The van der Waals surface area contributed by atoms with Gasteiger partial charge in [0.15, 0.2) is 0 Å². The third kappa shape index (κ3) is 1.73. The van der Waals surface area contributed by atoms with Crippen molar-refractivity contribution in [2.75, 3.05) is 0 Å². The van der Waals surface area contributed by atoms with Gasteiger partial charge in [0.25, 0.3) is 0 Å². The van der Waals surface area contributed by atoms with Crippen LogP contribution < -0.4 is 0 Å². The molecule has 23 heavy (non-hydrogen) atoms. The molecule has 2 aromatic rings. The van der Waals surface area contributed by atoms with Crippen LogP contribution in [0.25, 0.3) is 10.8 Å². The van der Waals surface area contributed by atoms with Gasteiger partial charge in [-0.05, 0) is 83.4 Å². The van der Waals surface area contributed by atoms with Crippen molar-refractivity contribution in [3.63, 3.8) is 0 Å². The normalized spacial score (nSPS) is 42.7. The third-order valence-corrected chi connectivity index (χ3v) is 7.72. The molecule has 4 aliphatic rings. The van der Waals surface area contributed by atoms with Crippen LogP contribution in [0.5, 0.6) is 0 Å². The maximum Gasteiger partial charge on any atom is -0.0181 e. The third-order valence-electron chi connectivity index (χ3n) is 7.72. The fourth-order valence-electron chi connectivity index (χ4n) is 7.06. The lowest BCUT2D eigenvalue weighted by Gasteiger charge is -2.36. The highest BCUT2D eigenvalue weighted by atomic mass is 14.6. The standard InChI is InChI=1S/C23H24/c1-2-4-16-9-14(5-6-15(16)3-1)10-19-12-20-13-21(19)23-18-8-7-17(11-18)22(20)23/h1-9,17-23H,10-13H2. The molecule has 116 valence electrons. The number of rotatable bonds is 2. The van der Waals surface area contributed by atoms with E-state index in [1.54, 1.807) is 12.0 Å². The van der Waals surface area contributed by atoms with E-state index in [0.29, 0.717) is 0 Å². The summed E-state index contributed by atoms with van der Waals surface area (Å²) in [6, 6.07) is 15.9. The Balaban J connectivity index is 1.28. The van der Waals surface area contributed by atoms with E-state index < -0.39 is 0 Å². The molecule has 2 aromatic carbocycles. The van der Waals surface area contributed by atoms with Gasteiger partial charge in [0.1, 0.15) is 0 Å². The lowest BCUT2D eigenvalue weighted by molar-refractivity contribution is 0.150. The van der Waals surface area contributed by atoms with Gasteiger partial charge in [-0.2, -0.15) is 0 Å². The first kappa shape index (κ1) is 12.8. The van der Waals surface area contributed by atoms with Crippen LogP contribution in [0.2, 0.25) is 0 Å². The largest absolute Gasteiger partial charge is 0.0848 e. The zero-order chi connectivity index (χ0) is 15.0. The summed E-state index contributed by atoms with van der Waals surface area (Å²) in [7, 11) is 0. The highest BCUT2D eigenvalue weighted by Gasteiger charge is 2.60. The maximum atomic E-state index is 2.57. The Bertz CT molecular complexity index is 801. The molecule has 0 N–H and O–H groups in total. The average Bonchev–Trinajstić information content (AvgIpc) is 3.33. The minimum Gasteiger partial charge on any atom is -0.0848 e. The summed E-state index contributed by atoms with van der Waals surface area (Å²) in [5.74, 6) is 7.06. The molecule has 3 saturated carbocycles. The first-order valence-electron chi connectivity index (χ1n) is 9.53. The molecule has 0 heteroatoms. The zero-order valence-electron chi connectivity index (χ0n) is 13.6. The first-order chi connectivity index (χ1) is 11.4. The zero-order valence-corrected chi connectivity index (χ0v) is 13.6. The number of benzene rings is 2. The predicted molar refractivity (Wildman–Crippen MR) is 95.1 cm³/mol. The molecule has 0 nitrogen and oxygen atoms in total. The van der Waals surface area contributed by atoms with Gasteiger partial charge in [0, 0.05) is 0 Å². The number of allylic oxidation sites excluding steroid dienone is 2. The first-order valence-corrected chi connectivity index (χ1v) is 9.53. The molecule has 3 fully saturated rings. The quantitative estimate of drug-likeness (QED) is 0.509. The summed E-state index contributed by atoms with van der Waals surface area (Å²) in [6.45, 7) is 0. The minimum atomic E-state index is 0.944. The average molecular weight is 300 g/mol. The number of hydrogen-bond donors (Lipinski definition) is 0. The molecule has 0 spiro atoms. The fourth-order valence-corrected chi connectivity index (χ4v) is 7.06. The van der Waals surface area contributed by atoms with Gasteiger partial charge in [-0.15, -0.1) is 0 Å². The molecular weight excluding hydrogens is 276 g/mol. The minimum absolute atomic E-state index is 0.944. The van der Waals surface area contributed by atoms with E-state index in [-0.39, 0.29) is 0 Å². The summed E-state index contributed by atoms with van der Waals surface area (Å²) in [6.07, 6.45) is 11.0. The summed E-state index contributed by atoms with van der Waals surface area (Å²) >= 11 is 0. The van der Waals surface area contributed by atoms with Gasteiger partial charge >= 0.3 is 0 Å². The molecule has 7 atom stereocenters. The fraction of sp³-hybridized carbons (Fsp3) is 0.478. The van der Waals surface area contributed by atoms with E-state index in [1.807, 2.05) is 0 Å². The van der Waals surface area contributed by atoms with Crippen LogP contribution in [-0.4, -0.2) is 0 Å². The van der Waals surface area contributed by atoms with E-state index in [9.17, 15) is 0 Å². The van der Waals surface area contributed by atoms with Crippen molar-refractivity contribution in [1.29, 1.82) is 0 Å². The molecule has 6 rings (SSSR count). The molecular formula is C23H24. The molecule has 0 amide bonds. The van der Waals surface area contributed by atoms with Crippen LogP contribution in [0, 0.1) is 41.4 Å². The van der Waals surface area contributed by atoms with Crippen LogP contribution in [0.1, 0.15) is 24.8 Å². The predicted octanol–water partition coefficient (Wildman–Crippen LogP) is 5.48.